The molecule has 2 rings (SSSR count). The molecule has 1 aliphatic carbocycles. The molecule has 4 heteroatoms. The van der Waals surface area contributed by atoms with Crippen LogP contribution >= 0.6 is 0 Å². The van der Waals surface area contributed by atoms with E-state index >= 15 is 0 Å². The summed E-state index contributed by atoms with van der Waals surface area (Å²) in [6, 6.07) is 6.84. The van der Waals surface area contributed by atoms with Gasteiger partial charge in [0.05, 0.1) is 6.42 Å². The Hall–Kier alpha value is -1.55. The van der Waals surface area contributed by atoms with Gasteiger partial charge in [0.1, 0.15) is 5.75 Å². The number of carbonyl (C=O) groups excluding carboxylic acids is 1. The van der Waals surface area contributed by atoms with Crippen molar-refractivity contribution < 1.29 is 15.0 Å². The average molecular weight is 277 g/mol. The van der Waals surface area contributed by atoms with Gasteiger partial charge in [-0.2, -0.15) is 0 Å². The summed E-state index contributed by atoms with van der Waals surface area (Å²) in [7, 11) is 0. The summed E-state index contributed by atoms with van der Waals surface area (Å²) in [5.74, 6) is 0.310. The van der Waals surface area contributed by atoms with Crippen molar-refractivity contribution in [1.29, 1.82) is 0 Å². The van der Waals surface area contributed by atoms with Crippen molar-refractivity contribution in [3.63, 3.8) is 0 Å². The number of phenols is 1. The largest absolute Gasteiger partial charge is 0.508 e. The highest BCUT2D eigenvalue weighted by molar-refractivity contribution is 5.79. The second-order valence-corrected chi connectivity index (χ2v) is 5.60. The summed E-state index contributed by atoms with van der Waals surface area (Å²) < 4.78 is 0. The van der Waals surface area contributed by atoms with Crippen LogP contribution in [0.5, 0.6) is 5.75 Å². The van der Waals surface area contributed by atoms with Crippen molar-refractivity contribution in [3.05, 3.63) is 29.8 Å². The summed E-state index contributed by atoms with van der Waals surface area (Å²) in [6.07, 6.45) is 5.60. The third kappa shape index (κ3) is 4.23. The molecule has 1 saturated carbocycles. The molecule has 2 atom stereocenters. The van der Waals surface area contributed by atoms with Gasteiger partial charge in [-0.15, -0.1) is 0 Å². The third-order valence-corrected chi connectivity index (χ3v) is 4.02. The molecule has 110 valence electrons. The summed E-state index contributed by atoms with van der Waals surface area (Å²) in [6.45, 7) is 0.136. The predicted octanol–water partition coefficient (Wildman–Crippen LogP) is 1.99. The maximum atomic E-state index is 12.1. The highest BCUT2D eigenvalue weighted by Crippen LogP contribution is 2.23. The molecule has 0 heterocycles. The van der Waals surface area contributed by atoms with E-state index in [4.69, 9.17) is 0 Å². The van der Waals surface area contributed by atoms with Gasteiger partial charge in [0.25, 0.3) is 0 Å². The lowest BCUT2D eigenvalue weighted by Gasteiger charge is -2.24. The van der Waals surface area contributed by atoms with E-state index in [1.807, 2.05) is 6.07 Å². The SMILES string of the molecule is O=C(Cc1cccc(O)c1)NC1CCCCCC1CO. The second kappa shape index (κ2) is 7.29. The first-order valence-electron chi connectivity index (χ1n) is 7.37. The van der Waals surface area contributed by atoms with Gasteiger partial charge < -0.3 is 15.5 Å². The van der Waals surface area contributed by atoms with Crippen molar-refractivity contribution in [2.24, 2.45) is 5.92 Å². The number of phenolic OH excluding ortho intramolecular Hbond substituents is 1. The van der Waals surface area contributed by atoms with E-state index in [1.165, 1.54) is 6.42 Å². The Morgan fingerprint density at radius 1 is 1.25 bits per heavy atom. The third-order valence-electron chi connectivity index (χ3n) is 4.02. The van der Waals surface area contributed by atoms with Crippen LogP contribution in [0.4, 0.5) is 0 Å². The van der Waals surface area contributed by atoms with Crippen LogP contribution in [0.1, 0.15) is 37.7 Å². The summed E-state index contributed by atoms with van der Waals surface area (Å²) in [5.41, 5.74) is 0.802. The number of rotatable bonds is 4. The first-order valence-corrected chi connectivity index (χ1v) is 7.37. The van der Waals surface area contributed by atoms with Crippen molar-refractivity contribution >= 4 is 5.91 Å². The molecule has 3 N–H and O–H groups in total. The van der Waals surface area contributed by atoms with E-state index in [2.05, 4.69) is 5.32 Å². The Labute approximate surface area is 119 Å². The van der Waals surface area contributed by atoms with Gasteiger partial charge in [-0.05, 0) is 30.5 Å². The number of aliphatic hydroxyl groups is 1. The maximum absolute atomic E-state index is 12.1. The molecule has 1 aromatic carbocycles. The highest BCUT2D eigenvalue weighted by Gasteiger charge is 2.24. The van der Waals surface area contributed by atoms with Crippen molar-refractivity contribution in [3.8, 4) is 5.75 Å². The lowest BCUT2D eigenvalue weighted by molar-refractivity contribution is -0.121. The number of benzene rings is 1. The number of aromatic hydroxyl groups is 1. The zero-order valence-corrected chi connectivity index (χ0v) is 11.7. The van der Waals surface area contributed by atoms with Crippen LogP contribution in [0.3, 0.4) is 0 Å². The van der Waals surface area contributed by atoms with E-state index in [0.717, 1.165) is 31.2 Å². The van der Waals surface area contributed by atoms with Crippen molar-refractivity contribution in [2.75, 3.05) is 6.61 Å². The van der Waals surface area contributed by atoms with Crippen LogP contribution in [-0.2, 0) is 11.2 Å². The number of nitrogens with one attached hydrogen (secondary N) is 1. The number of hydrogen-bond acceptors (Lipinski definition) is 3. The van der Waals surface area contributed by atoms with Crippen molar-refractivity contribution in [2.45, 2.75) is 44.6 Å². The van der Waals surface area contributed by atoms with Crippen molar-refractivity contribution in [1.82, 2.24) is 5.32 Å². The fraction of sp³-hybridized carbons (Fsp3) is 0.562. The number of carbonyl (C=O) groups is 1. The number of amides is 1. The molecule has 20 heavy (non-hydrogen) atoms. The average Bonchev–Trinajstić information content (AvgIpc) is 2.63. The van der Waals surface area contributed by atoms with E-state index in [0.29, 0.717) is 0 Å². The number of hydrogen-bond donors (Lipinski definition) is 3. The molecule has 2 unspecified atom stereocenters. The van der Waals surface area contributed by atoms with Crippen LogP contribution < -0.4 is 5.32 Å². The van der Waals surface area contributed by atoms with E-state index in [1.54, 1.807) is 18.2 Å². The minimum Gasteiger partial charge on any atom is -0.508 e. The minimum absolute atomic E-state index is 0.0408. The van der Waals surface area contributed by atoms with Crippen LogP contribution in [0, 0.1) is 5.92 Å². The summed E-state index contributed by atoms with van der Waals surface area (Å²) in [4.78, 5) is 12.1. The molecule has 0 aromatic heterocycles. The fourth-order valence-electron chi connectivity index (χ4n) is 2.90. The van der Waals surface area contributed by atoms with Crippen LogP contribution in [0.2, 0.25) is 0 Å². The first kappa shape index (κ1) is 14.9. The van der Waals surface area contributed by atoms with Crippen LogP contribution in [0.25, 0.3) is 0 Å². The monoisotopic (exact) mass is 277 g/mol. The second-order valence-electron chi connectivity index (χ2n) is 5.60. The molecule has 1 aromatic rings. The first-order chi connectivity index (χ1) is 9.69. The molecular weight excluding hydrogens is 254 g/mol. The predicted molar refractivity (Wildman–Crippen MR) is 77.4 cm³/mol. The lowest BCUT2D eigenvalue weighted by Crippen LogP contribution is -2.41. The topological polar surface area (TPSA) is 69.6 Å². The molecule has 1 fully saturated rings. The quantitative estimate of drug-likeness (QED) is 0.737. The normalized spacial score (nSPS) is 23.1. The van der Waals surface area contributed by atoms with Gasteiger partial charge in [-0.3, -0.25) is 4.79 Å². The van der Waals surface area contributed by atoms with Gasteiger partial charge in [0.15, 0.2) is 0 Å². The van der Waals surface area contributed by atoms with Gasteiger partial charge in [0, 0.05) is 18.6 Å². The molecule has 0 saturated heterocycles. The van der Waals surface area contributed by atoms with Gasteiger partial charge in [-0.1, -0.05) is 31.4 Å². The molecular formula is C16H23NO3. The minimum atomic E-state index is -0.0408. The van der Waals surface area contributed by atoms with Gasteiger partial charge >= 0.3 is 0 Å². The smallest absolute Gasteiger partial charge is 0.224 e. The maximum Gasteiger partial charge on any atom is 0.224 e. The Balaban J connectivity index is 1.92. The Bertz CT molecular complexity index is 447. The van der Waals surface area contributed by atoms with E-state index in [-0.39, 0.29) is 36.6 Å². The molecule has 0 radical (unpaired) electrons. The number of aliphatic hydroxyl groups excluding tert-OH is 1. The Kier molecular flexibility index (Phi) is 5.41. The van der Waals surface area contributed by atoms with E-state index in [9.17, 15) is 15.0 Å². The highest BCUT2D eigenvalue weighted by atomic mass is 16.3. The van der Waals surface area contributed by atoms with Gasteiger partial charge in [0.2, 0.25) is 5.91 Å². The van der Waals surface area contributed by atoms with E-state index < -0.39 is 0 Å². The molecule has 0 bridgehead atoms. The molecule has 1 amide bonds. The zero-order chi connectivity index (χ0) is 14.4. The van der Waals surface area contributed by atoms with Crippen LogP contribution in [-0.4, -0.2) is 28.8 Å². The molecule has 0 spiro atoms. The standard InChI is InChI=1S/C16H23NO3/c18-11-13-6-2-1-3-8-15(13)17-16(20)10-12-5-4-7-14(19)9-12/h4-5,7,9,13,15,18-19H,1-3,6,8,10-11H2,(H,17,20). The zero-order valence-electron chi connectivity index (χ0n) is 11.7. The summed E-state index contributed by atoms with van der Waals surface area (Å²) >= 11 is 0. The molecule has 1 aliphatic rings. The fourth-order valence-corrected chi connectivity index (χ4v) is 2.90. The Morgan fingerprint density at radius 2 is 2.05 bits per heavy atom. The lowest BCUT2D eigenvalue weighted by atomic mass is 9.95. The Morgan fingerprint density at radius 3 is 2.80 bits per heavy atom. The summed E-state index contributed by atoms with van der Waals surface area (Å²) in [5, 5.41) is 21.9. The van der Waals surface area contributed by atoms with Gasteiger partial charge in [-0.25, -0.2) is 0 Å². The molecule has 0 aliphatic heterocycles. The molecule has 4 nitrogen and oxygen atoms in total. The van der Waals surface area contributed by atoms with Crippen LogP contribution in [0.15, 0.2) is 24.3 Å².